The number of fused-ring (bicyclic) bond motifs is 1. The van der Waals surface area contributed by atoms with Gasteiger partial charge < -0.3 is 5.73 Å². The van der Waals surface area contributed by atoms with E-state index in [9.17, 15) is 17.2 Å². The molecule has 0 unspecified atom stereocenters. The molecule has 0 fully saturated rings. The molecule has 0 spiro atoms. The van der Waals surface area contributed by atoms with Gasteiger partial charge in [-0.3, -0.25) is 9.82 Å². The minimum atomic E-state index is -4.32. The highest BCUT2D eigenvalue weighted by molar-refractivity contribution is 7.92. The highest BCUT2D eigenvalue weighted by Gasteiger charge is 2.23. The monoisotopic (exact) mass is 436 g/mol. The van der Waals surface area contributed by atoms with Gasteiger partial charge >= 0.3 is 0 Å². The van der Waals surface area contributed by atoms with Gasteiger partial charge in [0.05, 0.1) is 11.9 Å². The fraction of sp³-hybridized carbons (Fsp3) is 0. The standard InChI is InChI=1S/C17H11ClF2N6O2S/c18-13-10(19)5-6-12(14(13)20)29(27,28)26-9-3-1-8(2-4-9)11-7-22-15-16(21)24-25-17(15)23-11/h1-7,26H,(H3,21,23,24,25). The first-order chi connectivity index (χ1) is 13.8. The van der Waals surface area contributed by atoms with Crippen LogP contribution in [0.15, 0.2) is 47.5 Å². The van der Waals surface area contributed by atoms with E-state index >= 15 is 0 Å². The summed E-state index contributed by atoms with van der Waals surface area (Å²) in [6.45, 7) is 0. The Balaban J connectivity index is 1.61. The van der Waals surface area contributed by atoms with Gasteiger partial charge in [0, 0.05) is 11.3 Å². The minimum Gasteiger partial charge on any atom is -0.382 e. The van der Waals surface area contributed by atoms with Crippen molar-refractivity contribution in [1.82, 2.24) is 20.2 Å². The van der Waals surface area contributed by atoms with Crippen molar-refractivity contribution in [3.05, 3.63) is 59.3 Å². The van der Waals surface area contributed by atoms with Crippen LogP contribution in [-0.2, 0) is 10.0 Å². The lowest BCUT2D eigenvalue weighted by Gasteiger charge is -2.10. The number of aromatic nitrogens is 4. The number of sulfonamides is 1. The zero-order valence-electron chi connectivity index (χ0n) is 14.3. The van der Waals surface area contributed by atoms with Crippen molar-refractivity contribution in [3.8, 4) is 11.3 Å². The molecule has 0 saturated carbocycles. The highest BCUT2D eigenvalue weighted by atomic mass is 35.5. The number of nitrogen functional groups attached to an aromatic ring is 1. The maximum atomic E-state index is 14.1. The summed E-state index contributed by atoms with van der Waals surface area (Å²) in [4.78, 5) is 7.75. The number of H-pyrrole nitrogens is 1. The molecule has 0 aliphatic carbocycles. The van der Waals surface area contributed by atoms with E-state index in [0.717, 1.165) is 12.1 Å². The number of nitrogens with two attached hydrogens (primary N) is 1. The molecule has 0 atom stereocenters. The summed E-state index contributed by atoms with van der Waals surface area (Å²) < 4.78 is 54.4. The molecule has 8 nitrogen and oxygen atoms in total. The second-order valence-electron chi connectivity index (χ2n) is 5.92. The van der Waals surface area contributed by atoms with Gasteiger partial charge in [-0.2, -0.15) is 5.10 Å². The number of rotatable bonds is 4. The van der Waals surface area contributed by atoms with Crippen molar-refractivity contribution in [1.29, 1.82) is 0 Å². The van der Waals surface area contributed by atoms with Crippen LogP contribution in [0, 0.1) is 11.6 Å². The highest BCUT2D eigenvalue weighted by Crippen LogP contribution is 2.27. The summed E-state index contributed by atoms with van der Waals surface area (Å²) in [6, 6.07) is 7.68. The SMILES string of the molecule is Nc1[nH]nc2nc(-c3ccc(NS(=O)(=O)c4ccc(F)c(Cl)c4F)cc3)cnc12. The number of benzene rings is 2. The Morgan fingerprint density at radius 3 is 2.55 bits per heavy atom. The Hall–Kier alpha value is -3.31. The molecule has 4 rings (SSSR count). The van der Waals surface area contributed by atoms with E-state index < -0.39 is 31.6 Å². The molecule has 4 N–H and O–H groups in total. The van der Waals surface area contributed by atoms with E-state index in [1.165, 1.54) is 18.3 Å². The lowest BCUT2D eigenvalue weighted by molar-refractivity contribution is 0.551. The Morgan fingerprint density at radius 2 is 1.83 bits per heavy atom. The molecule has 4 aromatic rings. The van der Waals surface area contributed by atoms with Gasteiger partial charge in [0.25, 0.3) is 10.0 Å². The third-order valence-corrected chi connectivity index (χ3v) is 5.76. The van der Waals surface area contributed by atoms with Gasteiger partial charge in [-0.15, -0.1) is 0 Å². The van der Waals surface area contributed by atoms with Gasteiger partial charge in [-0.05, 0) is 24.3 Å². The van der Waals surface area contributed by atoms with Crippen molar-refractivity contribution in [2.24, 2.45) is 0 Å². The van der Waals surface area contributed by atoms with Gasteiger partial charge in [0.15, 0.2) is 11.3 Å². The Kier molecular flexibility index (Phi) is 4.55. The molecular weight excluding hydrogens is 426 g/mol. The number of hydrogen-bond donors (Lipinski definition) is 3. The fourth-order valence-corrected chi connectivity index (χ4v) is 3.95. The number of halogens is 3. The van der Waals surface area contributed by atoms with Crippen LogP contribution in [0.2, 0.25) is 5.02 Å². The Morgan fingerprint density at radius 1 is 1.10 bits per heavy atom. The molecule has 0 radical (unpaired) electrons. The third-order valence-electron chi connectivity index (χ3n) is 4.01. The zero-order valence-corrected chi connectivity index (χ0v) is 15.9. The van der Waals surface area contributed by atoms with E-state index in [1.54, 1.807) is 12.1 Å². The molecule has 29 heavy (non-hydrogen) atoms. The molecular formula is C17H11ClF2N6O2S. The van der Waals surface area contributed by atoms with Crippen LogP contribution in [0.1, 0.15) is 0 Å². The molecule has 0 amide bonds. The summed E-state index contributed by atoms with van der Waals surface area (Å²) in [5, 5.41) is 5.63. The number of nitrogens with zero attached hydrogens (tertiary/aromatic N) is 3. The second kappa shape index (κ2) is 6.94. The number of aromatic amines is 1. The smallest absolute Gasteiger partial charge is 0.264 e. The average molecular weight is 437 g/mol. The number of anilines is 2. The lowest BCUT2D eigenvalue weighted by atomic mass is 10.1. The van der Waals surface area contributed by atoms with E-state index in [0.29, 0.717) is 28.2 Å². The first kappa shape index (κ1) is 19.0. The zero-order chi connectivity index (χ0) is 20.8. The van der Waals surface area contributed by atoms with E-state index in [-0.39, 0.29) is 5.69 Å². The van der Waals surface area contributed by atoms with Gasteiger partial charge in [0.1, 0.15) is 21.6 Å². The number of hydrogen-bond acceptors (Lipinski definition) is 6. The molecule has 0 aliphatic heterocycles. The summed E-state index contributed by atoms with van der Waals surface area (Å²) in [5.74, 6) is -2.11. The minimum absolute atomic E-state index is 0.159. The first-order valence-corrected chi connectivity index (χ1v) is 9.86. The predicted molar refractivity (Wildman–Crippen MR) is 104 cm³/mol. The van der Waals surface area contributed by atoms with Crippen molar-refractivity contribution >= 4 is 44.3 Å². The molecule has 148 valence electrons. The van der Waals surface area contributed by atoms with E-state index in [4.69, 9.17) is 17.3 Å². The Labute approximate surface area is 167 Å². The summed E-state index contributed by atoms with van der Waals surface area (Å²) >= 11 is 5.45. The van der Waals surface area contributed by atoms with Crippen molar-refractivity contribution in [2.45, 2.75) is 4.90 Å². The summed E-state index contributed by atoms with van der Waals surface area (Å²) in [5.41, 5.74) is 7.76. The van der Waals surface area contributed by atoms with Crippen LogP contribution in [0.25, 0.3) is 22.4 Å². The number of nitrogens with one attached hydrogen (secondary N) is 2. The first-order valence-electron chi connectivity index (χ1n) is 7.99. The van der Waals surface area contributed by atoms with E-state index in [2.05, 4.69) is 24.9 Å². The fourth-order valence-electron chi connectivity index (χ4n) is 2.59. The van der Waals surface area contributed by atoms with Gasteiger partial charge in [0.2, 0.25) is 5.65 Å². The Bertz CT molecular complexity index is 1340. The van der Waals surface area contributed by atoms with Crippen LogP contribution in [-0.4, -0.2) is 28.6 Å². The summed E-state index contributed by atoms with van der Waals surface area (Å²) in [6.07, 6.45) is 1.50. The molecule has 0 aliphatic rings. The quantitative estimate of drug-likeness (QED) is 0.421. The van der Waals surface area contributed by atoms with Crippen LogP contribution in [0.3, 0.4) is 0 Å². The molecule has 0 bridgehead atoms. The topological polar surface area (TPSA) is 127 Å². The van der Waals surface area contributed by atoms with Crippen LogP contribution in [0.5, 0.6) is 0 Å². The molecule has 2 heterocycles. The largest absolute Gasteiger partial charge is 0.382 e. The molecule has 2 aromatic carbocycles. The van der Waals surface area contributed by atoms with Gasteiger partial charge in [-0.25, -0.2) is 27.2 Å². The van der Waals surface area contributed by atoms with Crippen molar-refractivity contribution in [3.63, 3.8) is 0 Å². The maximum Gasteiger partial charge on any atom is 0.264 e. The van der Waals surface area contributed by atoms with Crippen LogP contribution < -0.4 is 10.5 Å². The second-order valence-corrected chi connectivity index (χ2v) is 7.95. The van der Waals surface area contributed by atoms with Crippen LogP contribution in [0.4, 0.5) is 20.3 Å². The predicted octanol–water partition coefficient (Wildman–Crippen LogP) is 3.33. The molecule has 2 aromatic heterocycles. The molecule has 0 saturated heterocycles. The summed E-state index contributed by atoms with van der Waals surface area (Å²) in [7, 11) is -4.32. The van der Waals surface area contributed by atoms with Gasteiger partial charge in [-0.1, -0.05) is 23.7 Å². The normalized spacial score (nSPS) is 11.7. The van der Waals surface area contributed by atoms with Crippen molar-refractivity contribution < 1.29 is 17.2 Å². The molecule has 12 heteroatoms. The van der Waals surface area contributed by atoms with Crippen molar-refractivity contribution in [2.75, 3.05) is 10.5 Å². The maximum absolute atomic E-state index is 14.1. The lowest BCUT2D eigenvalue weighted by Crippen LogP contribution is -2.15. The van der Waals surface area contributed by atoms with Crippen LogP contribution >= 0.6 is 11.6 Å². The van der Waals surface area contributed by atoms with E-state index in [1.807, 2.05) is 0 Å². The third kappa shape index (κ3) is 3.45. The average Bonchev–Trinajstić information content (AvgIpc) is 3.06.